The van der Waals surface area contributed by atoms with E-state index in [9.17, 15) is 15.0 Å². The number of phenolic OH excluding ortho intramolecular Hbond substituents is 2. The maximum atomic E-state index is 13.2. The predicted octanol–water partition coefficient (Wildman–Crippen LogP) is 5.24. The zero-order valence-corrected chi connectivity index (χ0v) is 16.1. The molecule has 0 saturated heterocycles. The van der Waals surface area contributed by atoms with Crippen LogP contribution in [0.1, 0.15) is 38.2 Å². The van der Waals surface area contributed by atoms with Crippen molar-refractivity contribution in [2.75, 3.05) is 0 Å². The van der Waals surface area contributed by atoms with E-state index in [-0.39, 0.29) is 17.3 Å². The Balaban J connectivity index is 2.61. The number of hydrogen-bond acceptors (Lipinski definition) is 3. The molecule has 3 heteroatoms. The maximum Gasteiger partial charge on any atom is 0.193 e. The second-order valence-electron chi connectivity index (χ2n) is 6.59. The van der Waals surface area contributed by atoms with Crippen molar-refractivity contribution in [3.8, 4) is 11.5 Å². The van der Waals surface area contributed by atoms with Gasteiger partial charge in [-0.2, -0.15) is 0 Å². The lowest BCUT2D eigenvalue weighted by Crippen LogP contribution is -2.06. The Morgan fingerprint density at radius 3 is 1.11 bits per heavy atom. The van der Waals surface area contributed by atoms with Crippen LogP contribution >= 0.6 is 0 Å². The molecule has 0 aliphatic heterocycles. The highest BCUT2D eigenvalue weighted by atomic mass is 16.3. The molecule has 0 aliphatic rings. The maximum absolute atomic E-state index is 13.2. The molecule has 0 aliphatic carbocycles. The van der Waals surface area contributed by atoms with Gasteiger partial charge in [-0.15, -0.1) is 26.3 Å². The number of phenols is 2. The average molecular weight is 374 g/mol. The Labute approximate surface area is 166 Å². The summed E-state index contributed by atoms with van der Waals surface area (Å²) in [5.74, 6) is 0.162. The van der Waals surface area contributed by atoms with Crippen LogP contribution < -0.4 is 0 Å². The second kappa shape index (κ2) is 9.56. The van der Waals surface area contributed by atoms with Gasteiger partial charge in [0.05, 0.1) is 0 Å². The third-order valence-electron chi connectivity index (χ3n) is 4.52. The standard InChI is InChI=1S/C25H26O3/c1-5-9-17-13-21(14-18(10-6-2)23(17)26)25(28)22-15-19(11-7-3)24(27)20(16-22)12-8-4/h5-8,13-16,26-27H,1-4,9-12H2. The Bertz CT molecular complexity index is 797. The number of rotatable bonds is 10. The lowest BCUT2D eigenvalue weighted by molar-refractivity contribution is 0.103. The van der Waals surface area contributed by atoms with E-state index in [0.29, 0.717) is 59.1 Å². The highest BCUT2D eigenvalue weighted by Crippen LogP contribution is 2.30. The zero-order valence-electron chi connectivity index (χ0n) is 16.1. The molecule has 0 atom stereocenters. The molecule has 0 amide bonds. The van der Waals surface area contributed by atoms with Gasteiger partial charge < -0.3 is 10.2 Å². The van der Waals surface area contributed by atoms with E-state index in [1.807, 2.05) is 0 Å². The zero-order chi connectivity index (χ0) is 20.7. The minimum absolute atomic E-state index is 0.168. The van der Waals surface area contributed by atoms with E-state index in [2.05, 4.69) is 26.3 Å². The first-order chi connectivity index (χ1) is 13.5. The second-order valence-corrected chi connectivity index (χ2v) is 6.59. The van der Waals surface area contributed by atoms with E-state index in [1.165, 1.54) is 0 Å². The molecule has 144 valence electrons. The van der Waals surface area contributed by atoms with Crippen molar-refractivity contribution in [1.29, 1.82) is 0 Å². The highest BCUT2D eigenvalue weighted by Gasteiger charge is 2.18. The van der Waals surface area contributed by atoms with Crippen molar-refractivity contribution in [3.63, 3.8) is 0 Å². The number of ketones is 1. The Morgan fingerprint density at radius 2 is 0.893 bits per heavy atom. The summed E-state index contributed by atoms with van der Waals surface area (Å²) in [5.41, 5.74) is 3.55. The molecule has 0 aromatic heterocycles. The lowest BCUT2D eigenvalue weighted by Gasteiger charge is -2.13. The van der Waals surface area contributed by atoms with Gasteiger partial charge in [-0.05, 0) is 72.2 Å². The third-order valence-corrected chi connectivity index (χ3v) is 4.52. The van der Waals surface area contributed by atoms with Crippen LogP contribution in [-0.4, -0.2) is 16.0 Å². The summed E-state index contributed by atoms with van der Waals surface area (Å²) in [6.45, 7) is 14.9. The SMILES string of the molecule is C=CCc1cc(C(=O)c2cc(CC=C)c(O)c(CC=C)c2)cc(CC=C)c1O. The third kappa shape index (κ3) is 4.49. The molecule has 2 aromatic carbocycles. The van der Waals surface area contributed by atoms with E-state index in [0.717, 1.165) is 0 Å². The van der Waals surface area contributed by atoms with Gasteiger partial charge in [-0.1, -0.05) is 24.3 Å². The largest absolute Gasteiger partial charge is 0.507 e. The monoisotopic (exact) mass is 374 g/mol. The van der Waals surface area contributed by atoms with Crippen LogP contribution in [0.2, 0.25) is 0 Å². The minimum atomic E-state index is -0.175. The van der Waals surface area contributed by atoms with Crippen LogP contribution in [0.5, 0.6) is 11.5 Å². The molecule has 0 saturated carbocycles. The van der Waals surface area contributed by atoms with Gasteiger partial charge in [0.25, 0.3) is 0 Å². The van der Waals surface area contributed by atoms with Crippen LogP contribution in [0.25, 0.3) is 0 Å². The Kier molecular flexibility index (Phi) is 7.16. The van der Waals surface area contributed by atoms with E-state index >= 15 is 0 Å². The van der Waals surface area contributed by atoms with E-state index in [1.54, 1.807) is 48.6 Å². The summed E-state index contributed by atoms with van der Waals surface area (Å²) in [4.78, 5) is 13.2. The number of benzene rings is 2. The number of carbonyl (C=O) groups excluding carboxylic acids is 1. The van der Waals surface area contributed by atoms with Crippen LogP contribution in [0, 0.1) is 0 Å². The average Bonchev–Trinajstić information content (AvgIpc) is 2.68. The van der Waals surface area contributed by atoms with Gasteiger partial charge in [0.1, 0.15) is 11.5 Å². The van der Waals surface area contributed by atoms with Crippen molar-refractivity contribution in [2.24, 2.45) is 0 Å². The van der Waals surface area contributed by atoms with E-state index < -0.39 is 0 Å². The quantitative estimate of drug-likeness (QED) is 0.441. The molecule has 0 radical (unpaired) electrons. The van der Waals surface area contributed by atoms with Crippen LogP contribution in [-0.2, 0) is 25.7 Å². The van der Waals surface area contributed by atoms with Crippen molar-refractivity contribution in [3.05, 3.63) is 108 Å². The lowest BCUT2D eigenvalue weighted by atomic mass is 9.92. The summed E-state index contributed by atoms with van der Waals surface area (Å²) in [5, 5.41) is 20.9. The van der Waals surface area contributed by atoms with Gasteiger partial charge in [0.2, 0.25) is 0 Å². The molecule has 0 unspecified atom stereocenters. The smallest absolute Gasteiger partial charge is 0.193 e. The molecule has 2 aromatic rings. The molecular weight excluding hydrogens is 348 g/mol. The highest BCUT2D eigenvalue weighted by molar-refractivity contribution is 6.09. The fourth-order valence-electron chi connectivity index (χ4n) is 3.19. The Hall–Kier alpha value is -3.33. The summed E-state index contributed by atoms with van der Waals surface area (Å²) in [7, 11) is 0. The topological polar surface area (TPSA) is 57.5 Å². The molecule has 2 N–H and O–H groups in total. The van der Waals surface area contributed by atoms with E-state index in [4.69, 9.17) is 0 Å². The minimum Gasteiger partial charge on any atom is -0.507 e. The molecule has 0 spiro atoms. The van der Waals surface area contributed by atoms with Gasteiger partial charge >= 0.3 is 0 Å². The molecule has 0 bridgehead atoms. The van der Waals surface area contributed by atoms with Crippen LogP contribution in [0.3, 0.4) is 0 Å². The first-order valence-electron chi connectivity index (χ1n) is 9.14. The fourth-order valence-corrected chi connectivity index (χ4v) is 3.19. The summed E-state index contributed by atoms with van der Waals surface area (Å²) in [6, 6.07) is 6.77. The van der Waals surface area contributed by atoms with Gasteiger partial charge in [0, 0.05) is 11.1 Å². The van der Waals surface area contributed by atoms with Crippen molar-refractivity contribution in [2.45, 2.75) is 25.7 Å². The van der Waals surface area contributed by atoms with Crippen molar-refractivity contribution < 1.29 is 15.0 Å². The number of hydrogen-bond donors (Lipinski definition) is 2. The van der Waals surface area contributed by atoms with Gasteiger partial charge in [-0.25, -0.2) is 0 Å². The van der Waals surface area contributed by atoms with Crippen LogP contribution in [0.15, 0.2) is 74.9 Å². The van der Waals surface area contributed by atoms with Crippen molar-refractivity contribution >= 4 is 5.78 Å². The molecule has 2 rings (SSSR count). The van der Waals surface area contributed by atoms with Crippen LogP contribution in [0.4, 0.5) is 0 Å². The van der Waals surface area contributed by atoms with Gasteiger partial charge in [-0.3, -0.25) is 4.79 Å². The Morgan fingerprint density at radius 1 is 0.643 bits per heavy atom. The number of carbonyl (C=O) groups is 1. The molecule has 0 fully saturated rings. The summed E-state index contributed by atoms with van der Waals surface area (Å²) in [6.07, 6.45) is 8.56. The number of aromatic hydroxyl groups is 2. The summed E-state index contributed by atoms with van der Waals surface area (Å²) >= 11 is 0. The van der Waals surface area contributed by atoms with Gasteiger partial charge in [0.15, 0.2) is 5.78 Å². The number of allylic oxidation sites excluding steroid dienone is 4. The predicted molar refractivity (Wildman–Crippen MR) is 115 cm³/mol. The first kappa shape index (κ1) is 21.0. The first-order valence-corrected chi connectivity index (χ1v) is 9.14. The fraction of sp³-hybridized carbons (Fsp3) is 0.160. The molecule has 0 heterocycles. The molecule has 28 heavy (non-hydrogen) atoms. The normalized spacial score (nSPS) is 10.3. The summed E-state index contributed by atoms with van der Waals surface area (Å²) < 4.78 is 0. The molecular formula is C25H26O3. The molecule has 3 nitrogen and oxygen atoms in total. The van der Waals surface area contributed by atoms with Crippen molar-refractivity contribution in [1.82, 2.24) is 0 Å².